The Morgan fingerprint density at radius 1 is 1.32 bits per heavy atom. The van der Waals surface area contributed by atoms with Crippen LogP contribution in [0.2, 0.25) is 0 Å². The lowest BCUT2D eigenvalue weighted by molar-refractivity contribution is -0.144. The van der Waals surface area contributed by atoms with Crippen LogP contribution in [0.1, 0.15) is 41.8 Å². The third-order valence-electron chi connectivity index (χ3n) is 3.47. The maximum absolute atomic E-state index is 12.5. The van der Waals surface area contributed by atoms with Crippen LogP contribution in [0.3, 0.4) is 0 Å². The van der Waals surface area contributed by atoms with E-state index in [-0.39, 0.29) is 11.6 Å². The Hall–Kier alpha value is -2.98. The van der Waals surface area contributed by atoms with Crippen LogP contribution < -0.4 is 5.32 Å². The van der Waals surface area contributed by atoms with Crippen molar-refractivity contribution < 1.29 is 18.0 Å². The number of aromatic nitrogens is 6. The topological polar surface area (TPSA) is 101 Å². The molecule has 132 valence electrons. The maximum Gasteiger partial charge on any atom is 0.451 e. The molecule has 0 aliphatic rings. The molecule has 0 unspecified atom stereocenters. The minimum absolute atomic E-state index is 0.0955. The Labute approximate surface area is 139 Å². The highest BCUT2D eigenvalue weighted by Gasteiger charge is 2.35. The van der Waals surface area contributed by atoms with Gasteiger partial charge in [0, 0.05) is 11.4 Å². The van der Waals surface area contributed by atoms with Crippen LogP contribution in [0.25, 0.3) is 11.0 Å². The van der Waals surface area contributed by atoms with Gasteiger partial charge in [-0.1, -0.05) is 0 Å². The molecule has 0 saturated carbocycles. The fourth-order valence-corrected chi connectivity index (χ4v) is 2.29. The molecule has 25 heavy (non-hydrogen) atoms. The Bertz CT molecular complexity index is 942. The number of alkyl halides is 3. The molecule has 0 bridgehead atoms. The van der Waals surface area contributed by atoms with Crippen molar-refractivity contribution in [2.24, 2.45) is 0 Å². The molecule has 0 atom stereocenters. The van der Waals surface area contributed by atoms with E-state index in [9.17, 15) is 18.0 Å². The van der Waals surface area contributed by atoms with Crippen molar-refractivity contribution in [1.82, 2.24) is 29.9 Å². The van der Waals surface area contributed by atoms with Gasteiger partial charge in [-0.25, -0.2) is 9.67 Å². The first-order valence-corrected chi connectivity index (χ1v) is 7.32. The Kier molecular flexibility index (Phi) is 3.93. The number of H-pyrrole nitrogens is 1. The monoisotopic (exact) mass is 353 g/mol. The predicted molar refractivity (Wildman–Crippen MR) is 82.0 cm³/mol. The van der Waals surface area contributed by atoms with Crippen LogP contribution >= 0.6 is 0 Å². The summed E-state index contributed by atoms with van der Waals surface area (Å²) in [6, 6.07) is 1.68. The average molecular weight is 353 g/mol. The number of amides is 1. The summed E-state index contributed by atoms with van der Waals surface area (Å²) >= 11 is 0. The lowest BCUT2D eigenvalue weighted by atomic mass is 10.1. The van der Waals surface area contributed by atoms with E-state index in [1.165, 1.54) is 0 Å². The maximum atomic E-state index is 12.5. The Morgan fingerprint density at radius 2 is 2.04 bits per heavy atom. The molecule has 0 fully saturated rings. The molecule has 0 saturated heterocycles. The second-order valence-electron chi connectivity index (χ2n) is 5.68. The first-order valence-electron chi connectivity index (χ1n) is 7.32. The van der Waals surface area contributed by atoms with Gasteiger partial charge in [-0.2, -0.15) is 23.3 Å². The molecule has 11 heteroatoms. The SMILES string of the molecule is Cc1nc2c(cnn2C(C)C)cc1C(=O)Nc1n[nH]c(C(F)(F)F)n1. The Balaban J connectivity index is 1.89. The summed E-state index contributed by atoms with van der Waals surface area (Å²) in [5, 5.41) is 12.2. The van der Waals surface area contributed by atoms with Gasteiger partial charge in [0.2, 0.25) is 11.8 Å². The summed E-state index contributed by atoms with van der Waals surface area (Å²) in [5.74, 6) is -2.40. The molecule has 3 heterocycles. The smallest absolute Gasteiger partial charge is 0.289 e. The van der Waals surface area contributed by atoms with Crippen molar-refractivity contribution >= 4 is 22.9 Å². The van der Waals surface area contributed by atoms with Gasteiger partial charge in [0.25, 0.3) is 5.91 Å². The largest absolute Gasteiger partial charge is 0.451 e. The number of rotatable bonds is 3. The van der Waals surface area contributed by atoms with Crippen LogP contribution in [0.4, 0.5) is 19.1 Å². The van der Waals surface area contributed by atoms with Gasteiger partial charge in [-0.15, -0.1) is 5.10 Å². The molecule has 0 aliphatic heterocycles. The summed E-state index contributed by atoms with van der Waals surface area (Å²) in [5.41, 5.74) is 1.24. The zero-order chi connectivity index (χ0) is 18.4. The molecule has 1 amide bonds. The van der Waals surface area contributed by atoms with E-state index in [0.29, 0.717) is 16.7 Å². The molecule has 3 rings (SSSR count). The lowest BCUT2D eigenvalue weighted by Crippen LogP contribution is -2.16. The van der Waals surface area contributed by atoms with Gasteiger partial charge in [-0.05, 0) is 26.8 Å². The minimum Gasteiger partial charge on any atom is -0.289 e. The second kappa shape index (κ2) is 5.83. The van der Waals surface area contributed by atoms with Gasteiger partial charge < -0.3 is 0 Å². The van der Waals surface area contributed by atoms with Crippen molar-refractivity contribution in [2.45, 2.75) is 33.0 Å². The van der Waals surface area contributed by atoms with Gasteiger partial charge in [0.1, 0.15) is 0 Å². The van der Waals surface area contributed by atoms with E-state index in [0.717, 1.165) is 0 Å². The van der Waals surface area contributed by atoms with Crippen LogP contribution in [0.15, 0.2) is 12.3 Å². The van der Waals surface area contributed by atoms with Crippen molar-refractivity contribution in [3.8, 4) is 0 Å². The fourth-order valence-electron chi connectivity index (χ4n) is 2.29. The van der Waals surface area contributed by atoms with Crippen molar-refractivity contribution in [3.05, 3.63) is 29.3 Å². The van der Waals surface area contributed by atoms with Gasteiger partial charge in [-0.3, -0.25) is 15.2 Å². The molecule has 8 nitrogen and oxygen atoms in total. The number of aryl methyl sites for hydroxylation is 1. The number of nitrogens with zero attached hydrogens (tertiary/aromatic N) is 5. The molecular formula is C14H14F3N7O. The molecule has 0 aromatic carbocycles. The zero-order valence-corrected chi connectivity index (χ0v) is 13.5. The fraction of sp³-hybridized carbons (Fsp3) is 0.357. The predicted octanol–water partition coefficient (Wildman–Crippen LogP) is 2.71. The van der Waals surface area contributed by atoms with E-state index in [1.807, 2.05) is 13.8 Å². The Morgan fingerprint density at radius 3 is 2.64 bits per heavy atom. The van der Waals surface area contributed by atoms with E-state index < -0.39 is 23.9 Å². The summed E-state index contributed by atoms with van der Waals surface area (Å²) in [6.45, 7) is 5.53. The van der Waals surface area contributed by atoms with Crippen molar-refractivity contribution in [1.29, 1.82) is 0 Å². The van der Waals surface area contributed by atoms with E-state index in [1.54, 1.807) is 29.0 Å². The molecule has 3 aromatic rings. The van der Waals surface area contributed by atoms with E-state index in [2.05, 4.69) is 25.5 Å². The minimum atomic E-state index is -4.67. The van der Waals surface area contributed by atoms with Crippen LogP contribution in [0, 0.1) is 6.92 Å². The summed E-state index contributed by atoms with van der Waals surface area (Å²) < 4.78 is 39.2. The normalized spacial score (nSPS) is 12.1. The number of carbonyl (C=O) groups excluding carboxylic acids is 1. The van der Waals surface area contributed by atoms with Crippen LogP contribution in [-0.2, 0) is 6.18 Å². The number of hydrogen-bond acceptors (Lipinski definition) is 5. The molecule has 0 spiro atoms. The highest BCUT2D eigenvalue weighted by molar-refractivity contribution is 6.05. The molecule has 2 N–H and O–H groups in total. The van der Waals surface area contributed by atoms with Gasteiger partial charge in [0.05, 0.1) is 17.5 Å². The number of halogens is 3. The van der Waals surface area contributed by atoms with Crippen LogP contribution in [-0.4, -0.2) is 35.9 Å². The highest BCUT2D eigenvalue weighted by Crippen LogP contribution is 2.26. The molecule has 0 aliphatic carbocycles. The number of nitrogens with one attached hydrogen (secondary N) is 2. The third-order valence-corrected chi connectivity index (χ3v) is 3.47. The van der Waals surface area contributed by atoms with E-state index >= 15 is 0 Å². The van der Waals surface area contributed by atoms with Crippen molar-refractivity contribution in [3.63, 3.8) is 0 Å². The molecule has 3 aromatic heterocycles. The first kappa shape index (κ1) is 16.9. The lowest BCUT2D eigenvalue weighted by Gasteiger charge is -2.08. The number of anilines is 1. The standard InChI is InChI=1S/C14H14F3N7O/c1-6(2)24-10-8(5-18-24)4-9(7(3)19-10)11(25)20-13-21-12(22-23-13)14(15,16)17/h4-6H,1-3H3,(H2,20,21,22,23,25). The quantitative estimate of drug-likeness (QED) is 0.754. The average Bonchev–Trinajstić information content (AvgIpc) is 3.12. The van der Waals surface area contributed by atoms with Crippen molar-refractivity contribution in [2.75, 3.05) is 5.32 Å². The second-order valence-corrected chi connectivity index (χ2v) is 5.68. The van der Waals surface area contributed by atoms with Gasteiger partial charge in [0.15, 0.2) is 5.65 Å². The number of fused-ring (bicyclic) bond motifs is 1. The summed E-state index contributed by atoms with van der Waals surface area (Å²) in [7, 11) is 0. The number of carbonyl (C=O) groups is 1. The summed E-state index contributed by atoms with van der Waals surface area (Å²) in [6.07, 6.45) is -3.09. The third kappa shape index (κ3) is 3.16. The zero-order valence-electron chi connectivity index (χ0n) is 13.5. The molecule has 0 radical (unpaired) electrons. The highest BCUT2D eigenvalue weighted by atomic mass is 19.4. The van der Waals surface area contributed by atoms with Crippen LogP contribution in [0.5, 0.6) is 0 Å². The number of aromatic amines is 1. The molecular weight excluding hydrogens is 339 g/mol. The number of pyridine rings is 1. The summed E-state index contributed by atoms with van der Waals surface area (Å²) in [4.78, 5) is 19.9. The first-order chi connectivity index (χ1) is 11.7. The van der Waals surface area contributed by atoms with Gasteiger partial charge >= 0.3 is 6.18 Å². The number of hydrogen-bond donors (Lipinski definition) is 2. The van der Waals surface area contributed by atoms with E-state index in [4.69, 9.17) is 0 Å².